The second-order valence-corrected chi connectivity index (χ2v) is 8.33. The van der Waals surface area contributed by atoms with Gasteiger partial charge in [0.1, 0.15) is 24.6 Å². The third-order valence-corrected chi connectivity index (χ3v) is 6.47. The van der Waals surface area contributed by atoms with Crippen molar-refractivity contribution in [2.75, 3.05) is 11.9 Å². The number of aliphatic hydroxyl groups excluding tert-OH is 3. The van der Waals surface area contributed by atoms with E-state index in [0.717, 1.165) is 19.3 Å². The summed E-state index contributed by atoms with van der Waals surface area (Å²) in [4.78, 5) is 13.3. The lowest BCUT2D eigenvalue weighted by molar-refractivity contribution is -0.0511. The van der Waals surface area contributed by atoms with Gasteiger partial charge in [0.05, 0.1) is 12.9 Å². The fourth-order valence-corrected chi connectivity index (χ4v) is 4.83. The van der Waals surface area contributed by atoms with Crippen LogP contribution < -0.4 is 5.32 Å². The van der Waals surface area contributed by atoms with Gasteiger partial charge in [0, 0.05) is 12.0 Å². The summed E-state index contributed by atoms with van der Waals surface area (Å²) in [5.41, 5.74) is 2.40. The Hall–Kier alpha value is -2.59. The van der Waals surface area contributed by atoms with Crippen molar-refractivity contribution >= 4 is 17.0 Å². The SMILES string of the molecule is OC[C@H]1OC(n2cnc3c(NC4CCCC[C@@H]4c4ccccc4)ncnc32)[C@H](O)[C@@H]1O. The number of hydrogen-bond donors (Lipinski definition) is 4. The van der Waals surface area contributed by atoms with Crippen LogP contribution in [0.2, 0.25) is 0 Å². The molecule has 1 saturated carbocycles. The molecule has 9 nitrogen and oxygen atoms in total. The number of ether oxygens (including phenoxy) is 1. The minimum absolute atomic E-state index is 0.230. The second-order valence-electron chi connectivity index (χ2n) is 8.33. The molecule has 1 saturated heterocycles. The Labute approximate surface area is 179 Å². The van der Waals surface area contributed by atoms with Crippen LogP contribution in [-0.4, -0.2) is 65.8 Å². The van der Waals surface area contributed by atoms with Crippen LogP contribution in [0.3, 0.4) is 0 Å². The summed E-state index contributed by atoms with van der Waals surface area (Å²) in [7, 11) is 0. The first-order chi connectivity index (χ1) is 15.2. The third kappa shape index (κ3) is 3.67. The molecule has 0 bridgehead atoms. The molecule has 0 spiro atoms. The van der Waals surface area contributed by atoms with Crippen LogP contribution in [0, 0.1) is 0 Å². The van der Waals surface area contributed by atoms with E-state index in [1.807, 2.05) is 6.07 Å². The van der Waals surface area contributed by atoms with Crippen LogP contribution in [-0.2, 0) is 4.74 Å². The molecule has 1 aliphatic heterocycles. The van der Waals surface area contributed by atoms with Crippen LogP contribution in [0.15, 0.2) is 43.0 Å². The zero-order chi connectivity index (χ0) is 21.4. The number of rotatable bonds is 5. The number of nitrogens with one attached hydrogen (secondary N) is 1. The molecule has 3 aromatic rings. The topological polar surface area (TPSA) is 126 Å². The summed E-state index contributed by atoms with van der Waals surface area (Å²) in [6.45, 7) is -0.383. The lowest BCUT2D eigenvalue weighted by atomic mass is 9.80. The monoisotopic (exact) mass is 425 g/mol. The fourth-order valence-electron chi connectivity index (χ4n) is 4.83. The molecule has 4 N–H and O–H groups in total. The van der Waals surface area contributed by atoms with Gasteiger partial charge in [-0.05, 0) is 18.4 Å². The summed E-state index contributed by atoms with van der Waals surface area (Å²) < 4.78 is 7.23. The van der Waals surface area contributed by atoms with Gasteiger partial charge in [0.15, 0.2) is 23.2 Å². The van der Waals surface area contributed by atoms with Gasteiger partial charge in [-0.15, -0.1) is 0 Å². The normalized spacial score (nSPS) is 31.2. The number of aliphatic hydroxyl groups is 3. The molecule has 5 rings (SSSR count). The minimum Gasteiger partial charge on any atom is -0.394 e. The predicted molar refractivity (Wildman–Crippen MR) is 113 cm³/mol. The van der Waals surface area contributed by atoms with Crippen molar-refractivity contribution in [1.29, 1.82) is 0 Å². The molecule has 31 heavy (non-hydrogen) atoms. The lowest BCUT2D eigenvalue weighted by Gasteiger charge is -2.33. The molecule has 9 heteroatoms. The molecular formula is C22H27N5O4. The average molecular weight is 425 g/mol. The van der Waals surface area contributed by atoms with E-state index in [9.17, 15) is 15.3 Å². The molecule has 6 atom stereocenters. The summed E-state index contributed by atoms with van der Waals surface area (Å²) in [5.74, 6) is 1.03. The molecule has 1 aliphatic carbocycles. The van der Waals surface area contributed by atoms with Crippen LogP contribution in [0.5, 0.6) is 0 Å². The van der Waals surface area contributed by atoms with E-state index in [4.69, 9.17) is 4.74 Å². The molecule has 2 aromatic heterocycles. The molecule has 3 heterocycles. The Balaban J connectivity index is 1.44. The van der Waals surface area contributed by atoms with Crippen LogP contribution >= 0.6 is 0 Å². The van der Waals surface area contributed by atoms with Gasteiger partial charge in [-0.1, -0.05) is 43.2 Å². The highest BCUT2D eigenvalue weighted by molar-refractivity contribution is 5.83. The lowest BCUT2D eigenvalue weighted by Crippen LogP contribution is -2.33. The predicted octanol–water partition coefficient (Wildman–Crippen LogP) is 1.58. The second kappa shape index (κ2) is 8.51. The van der Waals surface area contributed by atoms with Crippen LogP contribution in [0.25, 0.3) is 11.2 Å². The van der Waals surface area contributed by atoms with Gasteiger partial charge < -0.3 is 25.4 Å². The van der Waals surface area contributed by atoms with E-state index in [-0.39, 0.29) is 12.6 Å². The summed E-state index contributed by atoms with van der Waals surface area (Å²) in [6, 6.07) is 10.8. The summed E-state index contributed by atoms with van der Waals surface area (Å²) in [6.07, 6.45) is 3.40. The number of imidazole rings is 1. The molecule has 2 aliphatic rings. The van der Waals surface area contributed by atoms with Crippen molar-refractivity contribution < 1.29 is 20.1 Å². The Morgan fingerprint density at radius 1 is 1.03 bits per heavy atom. The molecule has 2 unspecified atom stereocenters. The largest absolute Gasteiger partial charge is 0.394 e. The quantitative estimate of drug-likeness (QED) is 0.485. The van der Waals surface area contributed by atoms with Gasteiger partial charge in [0.25, 0.3) is 0 Å². The van der Waals surface area contributed by atoms with Crippen molar-refractivity contribution in [3.05, 3.63) is 48.5 Å². The Bertz CT molecular complexity index is 1030. The zero-order valence-electron chi connectivity index (χ0n) is 17.1. The van der Waals surface area contributed by atoms with Crippen molar-refractivity contribution in [3.63, 3.8) is 0 Å². The minimum atomic E-state index is -1.19. The zero-order valence-corrected chi connectivity index (χ0v) is 17.1. The van der Waals surface area contributed by atoms with Gasteiger partial charge in [-0.3, -0.25) is 4.57 Å². The average Bonchev–Trinajstić information content (AvgIpc) is 3.36. The van der Waals surface area contributed by atoms with Crippen LogP contribution in [0.1, 0.15) is 43.4 Å². The van der Waals surface area contributed by atoms with Gasteiger partial charge >= 0.3 is 0 Å². The molecule has 2 fully saturated rings. The first-order valence-corrected chi connectivity index (χ1v) is 10.8. The van der Waals surface area contributed by atoms with E-state index in [2.05, 4.69) is 44.5 Å². The highest BCUT2D eigenvalue weighted by Gasteiger charge is 2.44. The maximum atomic E-state index is 10.4. The molecule has 1 aromatic carbocycles. The van der Waals surface area contributed by atoms with Crippen LogP contribution in [0.4, 0.5) is 5.82 Å². The standard InChI is InChI=1S/C22H27N5O4/c28-10-16-18(29)19(30)22(31-16)27-12-25-17-20(23-11-24-21(17)27)26-15-9-5-4-8-14(15)13-6-2-1-3-7-13/h1-3,6-7,11-12,14-16,18-19,22,28-30H,4-5,8-10H2,(H,23,24,26)/t14-,15?,16-,18-,19-,22?/m1/s1. The smallest absolute Gasteiger partial charge is 0.167 e. The molecule has 0 amide bonds. The highest BCUT2D eigenvalue weighted by Crippen LogP contribution is 2.36. The maximum absolute atomic E-state index is 10.4. The van der Waals surface area contributed by atoms with Gasteiger partial charge in [-0.25, -0.2) is 15.0 Å². The van der Waals surface area contributed by atoms with Crippen molar-refractivity contribution in [2.24, 2.45) is 0 Å². The summed E-state index contributed by atoms with van der Waals surface area (Å²) >= 11 is 0. The van der Waals surface area contributed by atoms with E-state index >= 15 is 0 Å². The number of aromatic nitrogens is 4. The Kier molecular flexibility index (Phi) is 5.58. The number of benzene rings is 1. The molecular weight excluding hydrogens is 398 g/mol. The maximum Gasteiger partial charge on any atom is 0.167 e. The first-order valence-electron chi connectivity index (χ1n) is 10.8. The van der Waals surface area contributed by atoms with E-state index in [0.29, 0.717) is 22.9 Å². The Morgan fingerprint density at radius 2 is 1.84 bits per heavy atom. The van der Waals surface area contributed by atoms with E-state index in [1.165, 1.54) is 24.6 Å². The van der Waals surface area contributed by atoms with E-state index in [1.54, 1.807) is 4.57 Å². The molecule has 0 radical (unpaired) electrons. The Morgan fingerprint density at radius 3 is 2.61 bits per heavy atom. The van der Waals surface area contributed by atoms with Gasteiger partial charge in [-0.2, -0.15) is 0 Å². The van der Waals surface area contributed by atoms with E-state index < -0.39 is 24.5 Å². The highest BCUT2D eigenvalue weighted by atomic mass is 16.6. The van der Waals surface area contributed by atoms with Crippen molar-refractivity contribution in [3.8, 4) is 0 Å². The fraction of sp³-hybridized carbons (Fsp3) is 0.500. The number of fused-ring (bicyclic) bond motifs is 1. The summed E-state index contributed by atoms with van der Waals surface area (Å²) in [5, 5.41) is 33.4. The van der Waals surface area contributed by atoms with Crippen molar-refractivity contribution in [2.45, 2.75) is 62.2 Å². The first kappa shape index (κ1) is 20.3. The number of anilines is 1. The van der Waals surface area contributed by atoms with Crippen molar-refractivity contribution in [1.82, 2.24) is 19.5 Å². The molecule has 164 valence electrons. The van der Waals surface area contributed by atoms with Gasteiger partial charge in [0.2, 0.25) is 0 Å². The number of nitrogens with zero attached hydrogens (tertiary/aromatic N) is 4. The third-order valence-electron chi connectivity index (χ3n) is 6.47. The number of hydrogen-bond acceptors (Lipinski definition) is 8.